The molecule has 4 aliphatic rings. The molecular formula is C39H37N3O9S2. The lowest BCUT2D eigenvalue weighted by molar-refractivity contribution is -0.123. The number of thiazole rings is 1. The highest BCUT2D eigenvalue weighted by atomic mass is 32.2. The minimum atomic E-state index is -0.440. The highest BCUT2D eigenvalue weighted by Crippen LogP contribution is 2.68. The number of H-pyrrole nitrogens is 1. The third kappa shape index (κ3) is 6.07. The van der Waals surface area contributed by atoms with Gasteiger partial charge in [0.15, 0.2) is 18.1 Å². The molecule has 3 heterocycles. The second-order valence-corrected chi connectivity index (χ2v) is 15.6. The first-order valence-electron chi connectivity index (χ1n) is 17.6. The van der Waals surface area contributed by atoms with Gasteiger partial charge in [-0.2, -0.15) is 0 Å². The SMILES string of the molecule is CCOC(=O)c1ccc(NC(=O)COc2ccc([C@@H]3c4sc(=O)[nH]c4S[C@@H]4[C@@H]5C[C@@H]([C@@H]6C(=O)N(c7ccc(OC)cc7)C(=O)[C@@H]56)[C@H]34)cc2OCC)cc1. The zero-order valence-corrected chi connectivity index (χ0v) is 30.8. The first-order valence-corrected chi connectivity index (χ1v) is 19.3. The number of amides is 3. The van der Waals surface area contributed by atoms with Crippen molar-refractivity contribution in [1.82, 2.24) is 4.98 Å². The zero-order valence-electron chi connectivity index (χ0n) is 29.2. The predicted octanol–water partition coefficient (Wildman–Crippen LogP) is 5.72. The Balaban J connectivity index is 1.04. The van der Waals surface area contributed by atoms with Crippen molar-refractivity contribution in [2.75, 3.05) is 37.1 Å². The van der Waals surface area contributed by atoms with E-state index in [4.69, 9.17) is 18.9 Å². The van der Waals surface area contributed by atoms with Crippen molar-refractivity contribution >= 4 is 58.2 Å². The van der Waals surface area contributed by atoms with E-state index in [9.17, 15) is 24.0 Å². The lowest BCUT2D eigenvalue weighted by atomic mass is 9.68. The van der Waals surface area contributed by atoms with Crippen molar-refractivity contribution in [3.05, 3.63) is 92.4 Å². The van der Waals surface area contributed by atoms with Crippen molar-refractivity contribution in [2.24, 2.45) is 29.6 Å². The van der Waals surface area contributed by atoms with Crippen LogP contribution < -0.4 is 29.3 Å². The molecule has 0 unspecified atom stereocenters. The monoisotopic (exact) mass is 755 g/mol. The number of nitrogens with zero attached hydrogens (tertiary/aromatic N) is 1. The minimum absolute atomic E-state index is 0.00000675. The van der Waals surface area contributed by atoms with E-state index in [0.29, 0.717) is 40.8 Å². The second kappa shape index (κ2) is 14.0. The molecule has 3 aromatic carbocycles. The van der Waals surface area contributed by atoms with Crippen molar-refractivity contribution in [3.8, 4) is 17.2 Å². The summed E-state index contributed by atoms with van der Waals surface area (Å²) in [7, 11) is 1.57. The van der Waals surface area contributed by atoms with E-state index >= 15 is 0 Å². The van der Waals surface area contributed by atoms with E-state index in [1.165, 1.54) is 16.2 Å². The highest BCUT2D eigenvalue weighted by molar-refractivity contribution is 8.00. The second-order valence-electron chi connectivity index (χ2n) is 13.4. The van der Waals surface area contributed by atoms with Gasteiger partial charge in [0.1, 0.15) is 5.75 Å². The number of aromatic nitrogens is 1. The maximum absolute atomic E-state index is 14.1. The Labute approximate surface area is 313 Å². The third-order valence-corrected chi connectivity index (χ3v) is 13.3. The summed E-state index contributed by atoms with van der Waals surface area (Å²) in [4.78, 5) is 70.8. The molecule has 2 aliphatic heterocycles. The number of aromatic amines is 1. The van der Waals surface area contributed by atoms with E-state index in [2.05, 4.69) is 10.3 Å². The number of thioether (sulfide) groups is 1. The van der Waals surface area contributed by atoms with Crippen LogP contribution in [0.4, 0.5) is 11.4 Å². The topological polar surface area (TPSA) is 153 Å². The molecule has 274 valence electrons. The van der Waals surface area contributed by atoms with Gasteiger partial charge in [0.2, 0.25) is 11.8 Å². The fraction of sp³-hybridized carbons (Fsp3) is 0.359. The summed E-state index contributed by atoms with van der Waals surface area (Å²) < 4.78 is 22.3. The summed E-state index contributed by atoms with van der Waals surface area (Å²) in [6.45, 7) is 3.92. The zero-order chi connectivity index (χ0) is 37.0. The molecule has 2 saturated carbocycles. The molecule has 2 aliphatic carbocycles. The lowest BCUT2D eigenvalue weighted by Gasteiger charge is -2.43. The van der Waals surface area contributed by atoms with Crippen LogP contribution in [0.5, 0.6) is 17.2 Å². The number of esters is 1. The van der Waals surface area contributed by atoms with Gasteiger partial charge in [0, 0.05) is 21.7 Å². The fourth-order valence-corrected chi connectivity index (χ4v) is 11.6. The summed E-state index contributed by atoms with van der Waals surface area (Å²) >= 11 is 2.81. The average molecular weight is 756 g/mol. The minimum Gasteiger partial charge on any atom is -0.497 e. The number of ether oxygens (including phenoxy) is 4. The number of rotatable bonds is 11. The maximum atomic E-state index is 14.1. The highest BCUT2D eigenvalue weighted by Gasteiger charge is 2.69. The van der Waals surface area contributed by atoms with Gasteiger partial charge in [0.25, 0.3) is 5.91 Å². The number of benzene rings is 3. The number of hydrogen-bond donors (Lipinski definition) is 2. The molecule has 14 heteroatoms. The molecule has 2 bridgehead atoms. The molecule has 1 saturated heterocycles. The summed E-state index contributed by atoms with van der Waals surface area (Å²) in [6, 6.07) is 19.0. The van der Waals surface area contributed by atoms with Gasteiger partial charge in [-0.1, -0.05) is 17.4 Å². The number of nitrogens with one attached hydrogen (secondary N) is 2. The van der Waals surface area contributed by atoms with Crippen LogP contribution in [-0.2, 0) is 19.1 Å². The number of hydrogen-bond acceptors (Lipinski definition) is 11. The number of carbonyl (C=O) groups is 4. The molecular weight excluding hydrogens is 719 g/mol. The van der Waals surface area contributed by atoms with Gasteiger partial charge in [-0.25, -0.2) is 4.79 Å². The molecule has 3 fully saturated rings. The first-order chi connectivity index (χ1) is 25.7. The van der Waals surface area contributed by atoms with Crippen LogP contribution in [0, 0.1) is 29.6 Å². The number of carbonyl (C=O) groups excluding carboxylic acids is 4. The maximum Gasteiger partial charge on any atom is 0.338 e. The number of fused-ring (bicyclic) bond motifs is 9. The van der Waals surface area contributed by atoms with E-state index < -0.39 is 23.7 Å². The van der Waals surface area contributed by atoms with Crippen LogP contribution in [-0.4, -0.2) is 60.9 Å². The van der Waals surface area contributed by atoms with Crippen LogP contribution >= 0.6 is 23.1 Å². The Morgan fingerprint density at radius 3 is 2.32 bits per heavy atom. The number of anilines is 2. The van der Waals surface area contributed by atoms with Gasteiger partial charge in [0.05, 0.1) is 48.4 Å². The van der Waals surface area contributed by atoms with Gasteiger partial charge < -0.3 is 29.2 Å². The first kappa shape index (κ1) is 35.0. The summed E-state index contributed by atoms with van der Waals surface area (Å²) in [5.41, 5.74) is 2.34. The Hall–Kier alpha value is -5.08. The van der Waals surface area contributed by atoms with Crippen LogP contribution in [0.2, 0.25) is 0 Å². The van der Waals surface area contributed by atoms with E-state index in [1.807, 2.05) is 19.1 Å². The summed E-state index contributed by atoms with van der Waals surface area (Å²) in [5, 5.41) is 3.61. The molecule has 12 nitrogen and oxygen atoms in total. The molecule has 2 N–H and O–H groups in total. The normalized spacial score (nSPS) is 25.0. The molecule has 0 spiro atoms. The lowest BCUT2D eigenvalue weighted by Crippen LogP contribution is -2.42. The van der Waals surface area contributed by atoms with Gasteiger partial charge >= 0.3 is 10.8 Å². The van der Waals surface area contributed by atoms with Gasteiger partial charge in [-0.05, 0) is 104 Å². The van der Waals surface area contributed by atoms with E-state index in [1.54, 1.807) is 80.4 Å². The predicted molar refractivity (Wildman–Crippen MR) is 198 cm³/mol. The van der Waals surface area contributed by atoms with Crippen LogP contribution in [0.1, 0.15) is 47.0 Å². The van der Waals surface area contributed by atoms with Crippen LogP contribution in [0.15, 0.2) is 76.6 Å². The van der Waals surface area contributed by atoms with E-state index in [0.717, 1.165) is 21.9 Å². The molecule has 8 rings (SSSR count). The Morgan fingerprint density at radius 1 is 0.887 bits per heavy atom. The van der Waals surface area contributed by atoms with Crippen LogP contribution in [0.25, 0.3) is 0 Å². The molecule has 53 heavy (non-hydrogen) atoms. The Bertz CT molecular complexity index is 2150. The molecule has 1 aromatic heterocycles. The van der Waals surface area contributed by atoms with Crippen molar-refractivity contribution < 1.29 is 38.1 Å². The van der Waals surface area contributed by atoms with Gasteiger partial charge in [-0.3, -0.25) is 24.1 Å². The third-order valence-electron chi connectivity index (χ3n) is 10.7. The average Bonchev–Trinajstić information content (AvgIpc) is 3.90. The summed E-state index contributed by atoms with van der Waals surface area (Å²) in [6.07, 6.45) is 0.765. The smallest absolute Gasteiger partial charge is 0.338 e. The molecule has 3 amide bonds. The summed E-state index contributed by atoms with van der Waals surface area (Å²) in [5.74, 6) is -0.827. The Kier molecular flexibility index (Phi) is 9.27. The molecule has 4 aromatic rings. The molecule has 0 radical (unpaired) electrons. The van der Waals surface area contributed by atoms with E-state index in [-0.39, 0.29) is 58.8 Å². The number of imide groups is 1. The molecule has 7 atom stereocenters. The van der Waals surface area contributed by atoms with Crippen molar-refractivity contribution in [2.45, 2.75) is 36.5 Å². The fourth-order valence-electron chi connectivity index (χ4n) is 8.73. The largest absolute Gasteiger partial charge is 0.497 e. The van der Waals surface area contributed by atoms with Crippen molar-refractivity contribution in [1.29, 1.82) is 0 Å². The van der Waals surface area contributed by atoms with Crippen molar-refractivity contribution in [3.63, 3.8) is 0 Å². The Morgan fingerprint density at radius 2 is 1.62 bits per heavy atom. The number of methoxy groups -OCH3 is 1. The van der Waals surface area contributed by atoms with Crippen LogP contribution in [0.3, 0.4) is 0 Å². The van der Waals surface area contributed by atoms with Gasteiger partial charge in [-0.15, -0.1) is 11.8 Å². The standard InChI is InChI=1S/C39H37N3O9S2/c1-4-49-27-16-20(8-15-26(27)51-18-28(43)40-21-9-6-19(7-10-21)38(46)50-5-2)29-30-24-17-25(33(30)52-35-34(29)53-39(47)41-35)32-31(24)36(44)42(37(32)45)22-11-13-23(48-3)14-12-22/h6-16,24-25,29-33H,4-5,17-18H2,1-3H3,(H,40,43)(H,41,47)/t24-,25-,29+,30-,31+,32+,33-/m1/s1. The quantitative estimate of drug-likeness (QED) is 0.144.